The van der Waals surface area contributed by atoms with E-state index in [0.717, 1.165) is 5.56 Å². The molecular formula is C14H15Cl3O. The van der Waals surface area contributed by atoms with Gasteiger partial charge in [-0.3, -0.25) is 4.79 Å². The smallest absolute Gasteiger partial charge is 0.137 e. The van der Waals surface area contributed by atoms with Gasteiger partial charge in [0.1, 0.15) is 5.78 Å². The molecule has 1 rings (SSSR count). The van der Waals surface area contributed by atoms with Gasteiger partial charge in [-0.2, -0.15) is 0 Å². The van der Waals surface area contributed by atoms with Crippen LogP contribution in [-0.2, 0) is 4.79 Å². The molecular weight excluding hydrogens is 291 g/mol. The summed E-state index contributed by atoms with van der Waals surface area (Å²) in [6.07, 6.45) is 1.69. The Morgan fingerprint density at radius 3 is 2.22 bits per heavy atom. The Morgan fingerprint density at radius 1 is 1.28 bits per heavy atom. The lowest BCUT2D eigenvalue weighted by Crippen LogP contribution is -2.30. The van der Waals surface area contributed by atoms with E-state index in [-0.39, 0.29) is 5.78 Å². The van der Waals surface area contributed by atoms with Crippen LogP contribution in [0.25, 0.3) is 5.03 Å². The van der Waals surface area contributed by atoms with E-state index >= 15 is 0 Å². The first-order valence-corrected chi connectivity index (χ1v) is 6.72. The fourth-order valence-corrected chi connectivity index (χ4v) is 1.96. The summed E-state index contributed by atoms with van der Waals surface area (Å²) in [6.45, 7) is 5.13. The van der Waals surface area contributed by atoms with Crippen LogP contribution in [0.15, 0.2) is 30.3 Å². The number of rotatable bonds is 4. The Balaban J connectivity index is 2.96. The van der Waals surface area contributed by atoms with Crippen LogP contribution in [-0.4, -0.2) is 11.2 Å². The van der Waals surface area contributed by atoms with Crippen LogP contribution in [0.1, 0.15) is 26.3 Å². The molecule has 4 heteroatoms. The molecule has 0 saturated heterocycles. The third-order valence-corrected chi connectivity index (χ3v) is 4.28. The first-order valence-electron chi connectivity index (χ1n) is 5.53. The summed E-state index contributed by atoms with van der Waals surface area (Å²) < 4.78 is 0. The lowest BCUT2D eigenvalue weighted by Gasteiger charge is -2.25. The number of hydrogen-bond acceptors (Lipinski definition) is 1. The van der Waals surface area contributed by atoms with E-state index in [4.69, 9.17) is 34.8 Å². The summed E-state index contributed by atoms with van der Waals surface area (Å²) in [6, 6.07) is 7.13. The fourth-order valence-electron chi connectivity index (χ4n) is 1.24. The van der Waals surface area contributed by atoms with Gasteiger partial charge in [0, 0.05) is 15.5 Å². The largest absolute Gasteiger partial charge is 0.299 e. The number of ketones is 1. The molecule has 1 unspecified atom stereocenters. The summed E-state index contributed by atoms with van der Waals surface area (Å²) in [5, 5.41) is 0.703. The van der Waals surface area contributed by atoms with Crippen molar-refractivity contribution >= 4 is 45.6 Å². The molecule has 0 radical (unpaired) electrons. The van der Waals surface area contributed by atoms with Crippen LogP contribution in [0.2, 0.25) is 5.02 Å². The minimum Gasteiger partial charge on any atom is -0.299 e. The highest BCUT2D eigenvalue weighted by Gasteiger charge is 2.31. The molecule has 18 heavy (non-hydrogen) atoms. The van der Waals surface area contributed by atoms with Crippen molar-refractivity contribution in [3.63, 3.8) is 0 Å². The van der Waals surface area contributed by atoms with Crippen molar-refractivity contribution in [1.82, 2.24) is 0 Å². The number of alkyl halides is 1. The Hall–Kier alpha value is -0.500. The highest BCUT2D eigenvalue weighted by molar-refractivity contribution is 6.49. The van der Waals surface area contributed by atoms with Gasteiger partial charge in [-0.05, 0) is 30.7 Å². The molecule has 1 aromatic carbocycles. The third-order valence-electron chi connectivity index (χ3n) is 3.01. The highest BCUT2D eigenvalue weighted by atomic mass is 35.5. The monoisotopic (exact) mass is 304 g/mol. The summed E-state index contributed by atoms with van der Waals surface area (Å²) >= 11 is 18.2. The van der Waals surface area contributed by atoms with E-state index in [1.165, 1.54) is 6.92 Å². The van der Waals surface area contributed by atoms with Gasteiger partial charge in [-0.1, -0.05) is 49.2 Å². The van der Waals surface area contributed by atoms with Crippen LogP contribution in [0.4, 0.5) is 0 Å². The summed E-state index contributed by atoms with van der Waals surface area (Å²) in [7, 11) is 0. The normalized spacial score (nSPS) is 14.4. The zero-order valence-electron chi connectivity index (χ0n) is 10.5. The van der Waals surface area contributed by atoms with Crippen LogP contribution in [0, 0.1) is 5.41 Å². The van der Waals surface area contributed by atoms with Crippen LogP contribution < -0.4 is 0 Å². The first-order chi connectivity index (χ1) is 8.25. The SMILES string of the molecule is CC(=O)C(C)(C)C(Cl)C=C(Cl)c1ccc(Cl)cc1. The Kier molecular flexibility index (Phi) is 5.27. The van der Waals surface area contributed by atoms with E-state index in [2.05, 4.69) is 0 Å². The van der Waals surface area contributed by atoms with E-state index in [9.17, 15) is 4.79 Å². The maximum absolute atomic E-state index is 11.5. The first kappa shape index (κ1) is 15.6. The quantitative estimate of drug-likeness (QED) is 0.704. The molecule has 0 aliphatic carbocycles. The zero-order valence-corrected chi connectivity index (χ0v) is 12.8. The van der Waals surface area contributed by atoms with E-state index in [1.54, 1.807) is 32.1 Å². The summed E-state index contributed by atoms with van der Waals surface area (Å²) in [5.74, 6) is 0.0272. The van der Waals surface area contributed by atoms with Gasteiger partial charge in [0.15, 0.2) is 0 Å². The van der Waals surface area contributed by atoms with Gasteiger partial charge in [0.2, 0.25) is 0 Å². The predicted molar refractivity (Wildman–Crippen MR) is 79.4 cm³/mol. The number of Topliss-reactive ketones (excluding diaryl/α,β-unsaturated/α-hetero) is 1. The zero-order chi connectivity index (χ0) is 13.9. The number of carbonyl (C=O) groups excluding carboxylic acids is 1. The highest BCUT2D eigenvalue weighted by Crippen LogP contribution is 2.31. The van der Waals surface area contributed by atoms with Crippen LogP contribution >= 0.6 is 34.8 Å². The lowest BCUT2D eigenvalue weighted by molar-refractivity contribution is -0.124. The topological polar surface area (TPSA) is 17.1 Å². The van der Waals surface area contributed by atoms with E-state index in [0.29, 0.717) is 10.1 Å². The van der Waals surface area contributed by atoms with E-state index < -0.39 is 10.8 Å². The van der Waals surface area contributed by atoms with Crippen molar-refractivity contribution in [3.8, 4) is 0 Å². The van der Waals surface area contributed by atoms with Crippen molar-refractivity contribution in [2.75, 3.05) is 0 Å². The predicted octanol–water partition coefficient (Wildman–Crippen LogP) is 5.14. The molecule has 1 aromatic rings. The molecule has 0 aliphatic rings. The van der Waals surface area contributed by atoms with Gasteiger partial charge in [-0.15, -0.1) is 11.6 Å². The van der Waals surface area contributed by atoms with Gasteiger partial charge in [0.25, 0.3) is 0 Å². The molecule has 1 nitrogen and oxygen atoms in total. The van der Waals surface area contributed by atoms with Crippen LogP contribution in [0.5, 0.6) is 0 Å². The van der Waals surface area contributed by atoms with Gasteiger partial charge < -0.3 is 0 Å². The minimum absolute atomic E-state index is 0.0272. The molecule has 0 fully saturated rings. The molecule has 0 amide bonds. The van der Waals surface area contributed by atoms with Crippen molar-refractivity contribution in [1.29, 1.82) is 0 Å². The number of allylic oxidation sites excluding steroid dienone is 1. The Morgan fingerprint density at radius 2 is 1.78 bits per heavy atom. The standard InChI is InChI=1S/C14H15Cl3O/c1-9(18)14(2,3)13(17)8-12(16)10-4-6-11(15)7-5-10/h4-8,13H,1-3H3. The molecule has 0 N–H and O–H groups in total. The number of benzene rings is 1. The second-order valence-electron chi connectivity index (χ2n) is 4.70. The van der Waals surface area contributed by atoms with Crippen molar-refractivity contribution in [3.05, 3.63) is 40.9 Å². The minimum atomic E-state index is -0.645. The Labute approximate surface area is 123 Å². The molecule has 0 saturated carbocycles. The molecule has 0 spiro atoms. The Bertz CT molecular complexity index is 460. The summed E-state index contributed by atoms with van der Waals surface area (Å²) in [4.78, 5) is 11.5. The average molecular weight is 306 g/mol. The molecule has 0 heterocycles. The maximum Gasteiger partial charge on any atom is 0.137 e. The number of carbonyl (C=O) groups is 1. The lowest BCUT2D eigenvalue weighted by atomic mass is 9.84. The third kappa shape index (κ3) is 3.74. The van der Waals surface area contributed by atoms with Crippen LogP contribution in [0.3, 0.4) is 0 Å². The molecule has 0 bridgehead atoms. The molecule has 98 valence electrons. The second kappa shape index (κ2) is 6.10. The number of hydrogen-bond donors (Lipinski definition) is 0. The molecule has 0 aromatic heterocycles. The van der Waals surface area contributed by atoms with E-state index in [1.807, 2.05) is 12.1 Å². The van der Waals surface area contributed by atoms with Gasteiger partial charge >= 0.3 is 0 Å². The molecule has 1 atom stereocenters. The average Bonchev–Trinajstić information content (AvgIpc) is 2.29. The number of halogens is 3. The van der Waals surface area contributed by atoms with Crippen molar-refractivity contribution < 1.29 is 4.79 Å². The maximum atomic E-state index is 11.5. The van der Waals surface area contributed by atoms with Crippen molar-refractivity contribution in [2.24, 2.45) is 5.41 Å². The van der Waals surface area contributed by atoms with Gasteiger partial charge in [0.05, 0.1) is 5.38 Å². The fraction of sp³-hybridized carbons (Fsp3) is 0.357. The second-order valence-corrected chi connectivity index (χ2v) is 6.01. The van der Waals surface area contributed by atoms with Gasteiger partial charge in [-0.25, -0.2) is 0 Å². The molecule has 0 aliphatic heterocycles. The summed E-state index contributed by atoms with van der Waals surface area (Å²) in [5.41, 5.74) is 0.180. The van der Waals surface area contributed by atoms with Crippen molar-refractivity contribution in [2.45, 2.75) is 26.1 Å².